The predicted octanol–water partition coefficient (Wildman–Crippen LogP) is -0.395. The van der Waals surface area contributed by atoms with E-state index in [4.69, 9.17) is 11.5 Å². The van der Waals surface area contributed by atoms with E-state index in [1.165, 1.54) is 0 Å². The lowest BCUT2D eigenvalue weighted by atomic mass is 10.1. The van der Waals surface area contributed by atoms with Gasteiger partial charge in [0.25, 0.3) is 0 Å². The minimum absolute atomic E-state index is 0.0389. The molecule has 0 heterocycles. The van der Waals surface area contributed by atoms with Gasteiger partial charge in [0.1, 0.15) is 0 Å². The molecule has 0 rings (SSSR count). The van der Waals surface area contributed by atoms with Crippen LogP contribution in [0.2, 0.25) is 0 Å². The van der Waals surface area contributed by atoms with Crippen molar-refractivity contribution in [3.63, 3.8) is 0 Å². The highest BCUT2D eigenvalue weighted by Gasteiger charge is 2.08. The Morgan fingerprint density at radius 3 is 2.30 bits per heavy atom. The zero-order chi connectivity index (χ0) is 8.20. The smallest absolute Gasteiger partial charge is 0.190 e. The van der Waals surface area contributed by atoms with Crippen LogP contribution in [0, 0.1) is 0 Å². The van der Waals surface area contributed by atoms with Crippen molar-refractivity contribution in [2.24, 2.45) is 16.5 Å². The van der Waals surface area contributed by atoms with Gasteiger partial charge in [0.05, 0.1) is 6.67 Å². The molecule has 10 heavy (non-hydrogen) atoms. The summed E-state index contributed by atoms with van der Waals surface area (Å²) in [4.78, 5) is 3.77. The number of rotatable bonds is 1. The molecule has 0 bridgehead atoms. The van der Waals surface area contributed by atoms with Crippen molar-refractivity contribution in [2.45, 2.75) is 26.3 Å². The Labute approximate surface area is 61.7 Å². The molecule has 0 radical (unpaired) electrons. The van der Waals surface area contributed by atoms with Crippen molar-refractivity contribution in [1.29, 1.82) is 0 Å². The molecule has 0 aliphatic heterocycles. The molecule has 0 aromatic carbocycles. The average Bonchev–Trinajstić information content (AvgIpc) is 1.59. The van der Waals surface area contributed by atoms with Crippen LogP contribution >= 0.6 is 0 Å². The average molecular weight is 144 g/mol. The van der Waals surface area contributed by atoms with Crippen molar-refractivity contribution in [2.75, 3.05) is 6.67 Å². The van der Waals surface area contributed by atoms with Gasteiger partial charge in [0.2, 0.25) is 0 Å². The van der Waals surface area contributed by atoms with Gasteiger partial charge >= 0.3 is 0 Å². The van der Waals surface area contributed by atoms with E-state index in [0.29, 0.717) is 5.96 Å². The molecule has 4 heteroatoms. The van der Waals surface area contributed by atoms with Crippen molar-refractivity contribution >= 4 is 5.96 Å². The van der Waals surface area contributed by atoms with Crippen LogP contribution in [0.3, 0.4) is 0 Å². The highest BCUT2D eigenvalue weighted by atomic mass is 15.1. The molecular weight excluding hydrogens is 128 g/mol. The first-order valence-electron chi connectivity index (χ1n) is 3.24. The first kappa shape index (κ1) is 9.23. The molecule has 0 fully saturated rings. The van der Waals surface area contributed by atoms with Crippen molar-refractivity contribution in [3.05, 3.63) is 0 Å². The monoisotopic (exact) mass is 144 g/mol. The standard InChI is InChI=1S/C6H16N4/c1-6(2,3)10-5(8)9-4-7/h4,7H2,1-3H3,(H3,8,9,10). The predicted molar refractivity (Wildman–Crippen MR) is 43.6 cm³/mol. The van der Waals surface area contributed by atoms with E-state index in [1.807, 2.05) is 20.8 Å². The van der Waals surface area contributed by atoms with Gasteiger partial charge in [0, 0.05) is 5.54 Å². The van der Waals surface area contributed by atoms with E-state index in [1.54, 1.807) is 0 Å². The summed E-state index contributed by atoms with van der Waals surface area (Å²) in [6, 6.07) is 0. The maximum absolute atomic E-state index is 5.43. The zero-order valence-corrected chi connectivity index (χ0v) is 6.81. The largest absolute Gasteiger partial charge is 0.370 e. The van der Waals surface area contributed by atoms with Crippen LogP contribution < -0.4 is 16.8 Å². The summed E-state index contributed by atoms with van der Waals surface area (Å²) >= 11 is 0. The van der Waals surface area contributed by atoms with Gasteiger partial charge in [-0.1, -0.05) is 0 Å². The Hall–Kier alpha value is -0.770. The maximum atomic E-state index is 5.43. The summed E-state index contributed by atoms with van der Waals surface area (Å²) in [5, 5.41) is 2.97. The third-order valence-corrected chi connectivity index (χ3v) is 0.765. The summed E-state index contributed by atoms with van der Waals surface area (Å²) in [5.41, 5.74) is 10.5. The van der Waals surface area contributed by atoms with Crippen LogP contribution in [-0.2, 0) is 0 Å². The highest BCUT2D eigenvalue weighted by molar-refractivity contribution is 5.78. The summed E-state index contributed by atoms with van der Waals surface area (Å²) in [7, 11) is 0. The Morgan fingerprint density at radius 1 is 1.50 bits per heavy atom. The quantitative estimate of drug-likeness (QED) is 0.346. The second-order valence-corrected chi connectivity index (χ2v) is 3.10. The van der Waals surface area contributed by atoms with Gasteiger partial charge in [-0.3, -0.25) is 0 Å². The number of aliphatic imine (C=N–C) groups is 1. The topological polar surface area (TPSA) is 76.4 Å². The molecule has 0 spiro atoms. The number of nitrogens with two attached hydrogens (primary N) is 2. The number of hydrogen-bond donors (Lipinski definition) is 3. The molecule has 0 amide bonds. The summed E-state index contributed by atoms with van der Waals surface area (Å²) in [6.45, 7) is 6.25. The molecule has 0 unspecified atom stereocenters. The number of hydrogen-bond acceptors (Lipinski definition) is 2. The Bertz CT molecular complexity index is 122. The van der Waals surface area contributed by atoms with Crippen molar-refractivity contribution < 1.29 is 0 Å². The molecule has 0 saturated carbocycles. The first-order chi connectivity index (χ1) is 4.45. The van der Waals surface area contributed by atoms with Gasteiger partial charge in [-0.25, -0.2) is 4.99 Å². The van der Waals surface area contributed by atoms with Crippen molar-refractivity contribution in [1.82, 2.24) is 5.32 Å². The van der Waals surface area contributed by atoms with E-state index in [0.717, 1.165) is 0 Å². The second kappa shape index (κ2) is 3.41. The van der Waals surface area contributed by atoms with E-state index in [9.17, 15) is 0 Å². The molecule has 60 valence electrons. The molecule has 0 aliphatic carbocycles. The third kappa shape index (κ3) is 5.37. The summed E-state index contributed by atoms with van der Waals surface area (Å²) in [6.07, 6.45) is 0. The van der Waals surface area contributed by atoms with Crippen LogP contribution in [0.5, 0.6) is 0 Å². The van der Waals surface area contributed by atoms with Crippen LogP contribution in [-0.4, -0.2) is 18.2 Å². The minimum atomic E-state index is -0.0389. The van der Waals surface area contributed by atoms with Crippen molar-refractivity contribution in [3.8, 4) is 0 Å². The van der Waals surface area contributed by atoms with E-state index < -0.39 is 0 Å². The molecule has 5 N–H and O–H groups in total. The van der Waals surface area contributed by atoms with Crippen LogP contribution in [0.15, 0.2) is 4.99 Å². The van der Waals surface area contributed by atoms with Gasteiger partial charge in [0.15, 0.2) is 5.96 Å². The summed E-state index contributed by atoms with van der Waals surface area (Å²) < 4.78 is 0. The van der Waals surface area contributed by atoms with Gasteiger partial charge in [-0.05, 0) is 20.8 Å². The Morgan fingerprint density at radius 2 is 2.00 bits per heavy atom. The highest BCUT2D eigenvalue weighted by Crippen LogP contribution is 1.96. The number of nitrogens with zero attached hydrogens (tertiary/aromatic N) is 1. The molecule has 0 aliphatic rings. The molecule has 4 nitrogen and oxygen atoms in total. The normalized spacial score (nSPS) is 13.4. The molecule has 0 aromatic heterocycles. The van der Waals surface area contributed by atoms with E-state index >= 15 is 0 Å². The maximum Gasteiger partial charge on any atom is 0.190 e. The molecule has 0 saturated heterocycles. The van der Waals surface area contributed by atoms with Crippen LogP contribution in [0.1, 0.15) is 20.8 Å². The minimum Gasteiger partial charge on any atom is -0.370 e. The number of nitrogens with one attached hydrogen (secondary N) is 1. The lowest BCUT2D eigenvalue weighted by molar-refractivity contribution is 0.508. The lowest BCUT2D eigenvalue weighted by Gasteiger charge is -2.20. The van der Waals surface area contributed by atoms with Gasteiger partial charge in [-0.2, -0.15) is 0 Å². The zero-order valence-electron chi connectivity index (χ0n) is 6.81. The molecular formula is C6H16N4. The van der Waals surface area contributed by atoms with E-state index in [2.05, 4.69) is 10.3 Å². The van der Waals surface area contributed by atoms with Gasteiger partial charge in [-0.15, -0.1) is 0 Å². The second-order valence-electron chi connectivity index (χ2n) is 3.10. The molecule has 0 aromatic rings. The van der Waals surface area contributed by atoms with E-state index in [-0.39, 0.29) is 12.2 Å². The molecule has 0 atom stereocenters. The fourth-order valence-corrected chi connectivity index (χ4v) is 0.522. The Kier molecular flexibility index (Phi) is 3.15. The van der Waals surface area contributed by atoms with Crippen LogP contribution in [0.4, 0.5) is 0 Å². The van der Waals surface area contributed by atoms with Gasteiger partial charge < -0.3 is 16.8 Å². The fraction of sp³-hybridized carbons (Fsp3) is 0.833. The SMILES string of the molecule is CC(C)(C)NC(N)=NCN. The van der Waals surface area contributed by atoms with Crippen LogP contribution in [0.25, 0.3) is 0 Å². The lowest BCUT2D eigenvalue weighted by Crippen LogP contribution is -2.45. The Balaban J connectivity index is 3.79. The third-order valence-electron chi connectivity index (χ3n) is 0.765. The number of guanidine groups is 1. The fourth-order valence-electron chi connectivity index (χ4n) is 0.522. The summed E-state index contributed by atoms with van der Waals surface area (Å²) in [5.74, 6) is 0.398. The first-order valence-corrected chi connectivity index (χ1v) is 3.24.